The zero-order valence-electron chi connectivity index (χ0n) is 17.7. The Morgan fingerprint density at radius 1 is 0.806 bits per heavy atom. The summed E-state index contributed by atoms with van der Waals surface area (Å²) in [5, 5.41) is 8.21. The Hall–Kier alpha value is -3.13. The van der Waals surface area contributed by atoms with Gasteiger partial charge in [-0.25, -0.2) is 8.42 Å². The molecule has 7 nitrogen and oxygen atoms in total. The summed E-state index contributed by atoms with van der Waals surface area (Å²) < 4.78 is 38.9. The van der Waals surface area contributed by atoms with Crippen molar-refractivity contribution in [1.82, 2.24) is 10.2 Å². The van der Waals surface area contributed by atoms with Gasteiger partial charge in [0.25, 0.3) is 10.0 Å². The van der Waals surface area contributed by atoms with Gasteiger partial charge < -0.3 is 9.47 Å². The largest absolute Gasteiger partial charge is 0.494 e. The van der Waals surface area contributed by atoms with Crippen molar-refractivity contribution in [2.45, 2.75) is 38.0 Å². The van der Waals surface area contributed by atoms with Crippen LogP contribution in [0.25, 0.3) is 11.3 Å². The Bertz CT molecular complexity index is 1050. The molecule has 3 rings (SSSR count). The van der Waals surface area contributed by atoms with Gasteiger partial charge in [0.1, 0.15) is 5.75 Å². The first-order valence-electron chi connectivity index (χ1n) is 10.3. The molecular weight excluding hydrogens is 414 g/mol. The lowest BCUT2D eigenvalue weighted by atomic mass is 10.1. The molecule has 1 heterocycles. The van der Waals surface area contributed by atoms with Crippen molar-refractivity contribution in [3.05, 3.63) is 60.7 Å². The van der Waals surface area contributed by atoms with Gasteiger partial charge in [-0.2, -0.15) is 0 Å². The summed E-state index contributed by atoms with van der Waals surface area (Å²) in [5.74, 6) is 1.14. The van der Waals surface area contributed by atoms with Crippen molar-refractivity contribution in [3.8, 4) is 22.9 Å². The van der Waals surface area contributed by atoms with Crippen LogP contribution >= 0.6 is 0 Å². The molecule has 0 radical (unpaired) electrons. The normalized spacial score (nSPS) is 11.2. The summed E-state index contributed by atoms with van der Waals surface area (Å²) in [6.45, 7) is 5.32. The van der Waals surface area contributed by atoms with Crippen molar-refractivity contribution in [2.24, 2.45) is 0 Å². The van der Waals surface area contributed by atoms with E-state index in [1.807, 2.05) is 13.0 Å². The SMILES string of the molecule is CCCCOc1ccc(S(=O)(=O)Nc2ccc(-c3ccc(OCCC)nn3)cc2)cc1. The third kappa shape index (κ3) is 6.42. The van der Waals surface area contributed by atoms with Crippen LogP contribution < -0.4 is 14.2 Å². The summed E-state index contributed by atoms with van der Waals surface area (Å²) in [6, 6.07) is 17.0. The van der Waals surface area contributed by atoms with E-state index in [0.29, 0.717) is 36.2 Å². The van der Waals surface area contributed by atoms with Crippen LogP contribution in [-0.2, 0) is 10.0 Å². The van der Waals surface area contributed by atoms with E-state index in [9.17, 15) is 8.42 Å². The van der Waals surface area contributed by atoms with E-state index in [1.54, 1.807) is 42.5 Å². The number of rotatable bonds is 11. The lowest BCUT2D eigenvalue weighted by Crippen LogP contribution is -2.12. The number of nitrogens with zero attached hydrogens (tertiary/aromatic N) is 2. The number of nitrogens with one attached hydrogen (secondary N) is 1. The molecule has 164 valence electrons. The van der Waals surface area contributed by atoms with Crippen LogP contribution in [0.15, 0.2) is 65.6 Å². The second kappa shape index (κ2) is 10.8. The van der Waals surface area contributed by atoms with Gasteiger partial charge in [-0.3, -0.25) is 4.72 Å². The van der Waals surface area contributed by atoms with Gasteiger partial charge in [0, 0.05) is 17.3 Å². The molecular formula is C23H27N3O4S. The molecule has 0 amide bonds. The molecule has 1 aromatic heterocycles. The number of sulfonamides is 1. The first kappa shape index (κ1) is 22.6. The lowest BCUT2D eigenvalue weighted by molar-refractivity contribution is 0.302. The number of hydrogen-bond donors (Lipinski definition) is 1. The maximum absolute atomic E-state index is 12.7. The van der Waals surface area contributed by atoms with Crippen molar-refractivity contribution in [2.75, 3.05) is 17.9 Å². The van der Waals surface area contributed by atoms with E-state index < -0.39 is 10.0 Å². The van der Waals surface area contributed by atoms with Crippen LogP contribution in [0.3, 0.4) is 0 Å². The topological polar surface area (TPSA) is 90.4 Å². The molecule has 3 aromatic rings. The highest BCUT2D eigenvalue weighted by Gasteiger charge is 2.14. The summed E-state index contributed by atoms with van der Waals surface area (Å²) in [4.78, 5) is 0.174. The standard InChI is InChI=1S/C23H27N3O4S/c1-3-5-17-29-20-10-12-21(13-11-20)31(27,28)26-19-8-6-18(7-9-19)22-14-15-23(25-24-22)30-16-4-2/h6-15,26H,3-5,16-17H2,1-2H3. The number of benzene rings is 2. The van der Waals surface area contributed by atoms with Crippen molar-refractivity contribution >= 4 is 15.7 Å². The van der Waals surface area contributed by atoms with E-state index in [-0.39, 0.29) is 4.90 Å². The van der Waals surface area contributed by atoms with Crippen molar-refractivity contribution < 1.29 is 17.9 Å². The van der Waals surface area contributed by atoms with Gasteiger partial charge in [0.15, 0.2) is 0 Å². The summed E-state index contributed by atoms with van der Waals surface area (Å²) in [6.07, 6.45) is 2.90. The molecule has 8 heteroatoms. The molecule has 0 saturated carbocycles. The Balaban J connectivity index is 1.64. The number of ether oxygens (including phenoxy) is 2. The maximum Gasteiger partial charge on any atom is 0.261 e. The molecule has 0 atom stereocenters. The Morgan fingerprint density at radius 2 is 1.55 bits per heavy atom. The minimum Gasteiger partial charge on any atom is -0.494 e. The van der Waals surface area contributed by atoms with E-state index in [0.717, 1.165) is 24.8 Å². The first-order chi connectivity index (χ1) is 15.0. The van der Waals surface area contributed by atoms with Crippen LogP contribution in [0.2, 0.25) is 0 Å². The Morgan fingerprint density at radius 3 is 2.16 bits per heavy atom. The van der Waals surface area contributed by atoms with E-state index in [2.05, 4.69) is 21.8 Å². The van der Waals surface area contributed by atoms with Gasteiger partial charge in [0.2, 0.25) is 5.88 Å². The zero-order valence-corrected chi connectivity index (χ0v) is 18.6. The molecule has 0 bridgehead atoms. The van der Waals surface area contributed by atoms with Crippen LogP contribution in [0.1, 0.15) is 33.1 Å². The fraction of sp³-hybridized carbons (Fsp3) is 0.304. The maximum atomic E-state index is 12.7. The zero-order chi connectivity index (χ0) is 22.1. The highest BCUT2D eigenvalue weighted by molar-refractivity contribution is 7.92. The van der Waals surface area contributed by atoms with Gasteiger partial charge in [-0.1, -0.05) is 32.4 Å². The fourth-order valence-electron chi connectivity index (χ4n) is 2.73. The molecule has 0 spiro atoms. The highest BCUT2D eigenvalue weighted by atomic mass is 32.2. The molecule has 0 fully saturated rings. The molecule has 31 heavy (non-hydrogen) atoms. The molecule has 0 aliphatic carbocycles. The number of anilines is 1. The van der Waals surface area contributed by atoms with Gasteiger partial charge in [-0.05, 0) is 55.3 Å². The van der Waals surface area contributed by atoms with Crippen LogP contribution in [0, 0.1) is 0 Å². The molecule has 0 aliphatic rings. The van der Waals surface area contributed by atoms with Crippen molar-refractivity contribution in [3.63, 3.8) is 0 Å². The minimum absolute atomic E-state index is 0.174. The molecule has 1 N–H and O–H groups in total. The highest BCUT2D eigenvalue weighted by Crippen LogP contribution is 2.23. The van der Waals surface area contributed by atoms with Crippen molar-refractivity contribution in [1.29, 1.82) is 0 Å². The summed E-state index contributed by atoms with van der Waals surface area (Å²) in [5.41, 5.74) is 1.96. The van der Waals surface area contributed by atoms with Crippen LogP contribution in [-0.4, -0.2) is 31.8 Å². The van der Waals surface area contributed by atoms with E-state index in [1.165, 1.54) is 12.1 Å². The number of aromatic nitrogens is 2. The lowest BCUT2D eigenvalue weighted by Gasteiger charge is -2.10. The van der Waals surface area contributed by atoms with Crippen LogP contribution in [0.5, 0.6) is 11.6 Å². The van der Waals surface area contributed by atoms with Crippen LogP contribution in [0.4, 0.5) is 5.69 Å². The van der Waals surface area contributed by atoms with Gasteiger partial charge in [-0.15, -0.1) is 10.2 Å². The first-order valence-corrected chi connectivity index (χ1v) is 11.8. The van der Waals surface area contributed by atoms with Gasteiger partial charge >= 0.3 is 0 Å². The Labute approximate surface area is 183 Å². The minimum atomic E-state index is -3.70. The third-order valence-electron chi connectivity index (χ3n) is 4.43. The molecule has 0 unspecified atom stereocenters. The molecule has 0 saturated heterocycles. The monoisotopic (exact) mass is 441 g/mol. The summed E-state index contributed by atoms with van der Waals surface area (Å²) in [7, 11) is -3.70. The number of hydrogen-bond acceptors (Lipinski definition) is 6. The fourth-order valence-corrected chi connectivity index (χ4v) is 3.79. The average Bonchev–Trinajstić information content (AvgIpc) is 2.79. The molecule has 0 aliphatic heterocycles. The summed E-state index contributed by atoms with van der Waals surface area (Å²) >= 11 is 0. The smallest absolute Gasteiger partial charge is 0.261 e. The number of unbranched alkanes of at least 4 members (excludes halogenated alkanes) is 1. The van der Waals surface area contributed by atoms with Gasteiger partial charge in [0.05, 0.1) is 23.8 Å². The second-order valence-corrected chi connectivity index (χ2v) is 8.64. The molecule has 2 aromatic carbocycles. The predicted octanol–water partition coefficient (Wildman–Crippen LogP) is 4.91. The third-order valence-corrected chi connectivity index (χ3v) is 5.82. The predicted molar refractivity (Wildman–Crippen MR) is 121 cm³/mol. The van der Waals surface area contributed by atoms with E-state index >= 15 is 0 Å². The quantitative estimate of drug-likeness (QED) is 0.425. The Kier molecular flexibility index (Phi) is 7.83. The van der Waals surface area contributed by atoms with E-state index in [4.69, 9.17) is 9.47 Å². The second-order valence-electron chi connectivity index (χ2n) is 6.96. The average molecular weight is 442 g/mol.